The van der Waals surface area contributed by atoms with E-state index >= 15 is 0 Å². The highest BCUT2D eigenvalue weighted by molar-refractivity contribution is 6.22. The van der Waals surface area contributed by atoms with Crippen molar-refractivity contribution in [2.24, 2.45) is 4.99 Å². The third-order valence-electron chi connectivity index (χ3n) is 3.26. The number of alkyl halides is 1. The van der Waals surface area contributed by atoms with Crippen LogP contribution in [-0.4, -0.2) is 11.5 Å². The second-order valence-corrected chi connectivity index (χ2v) is 5.06. The molecule has 3 nitrogen and oxygen atoms in total. The van der Waals surface area contributed by atoms with Gasteiger partial charge in [0.05, 0.1) is 0 Å². The molecule has 19 heavy (non-hydrogen) atoms. The summed E-state index contributed by atoms with van der Waals surface area (Å²) >= 11 is 6.23. The van der Waals surface area contributed by atoms with E-state index < -0.39 is 0 Å². The average Bonchev–Trinajstić information content (AvgIpc) is 2.48. The standard InChI is InChI=1S/C15H16ClN3/c16-15-18-13(11-7-3-1-4-8-11)17-14(19-15)12-9-5-2-6-10-12/h1-5,7-9,13,15,18H,6,10H2,(H,17,19). The van der Waals surface area contributed by atoms with Crippen LogP contribution in [0.4, 0.5) is 0 Å². The molecule has 1 aromatic rings. The zero-order valence-corrected chi connectivity index (χ0v) is 11.3. The molecule has 3 rings (SSSR count). The second-order valence-electron chi connectivity index (χ2n) is 4.62. The van der Waals surface area contributed by atoms with E-state index in [0.29, 0.717) is 0 Å². The maximum atomic E-state index is 6.23. The number of nitrogens with zero attached hydrogens (tertiary/aromatic N) is 1. The number of hydrogen-bond acceptors (Lipinski definition) is 3. The Morgan fingerprint density at radius 3 is 2.79 bits per heavy atom. The predicted molar refractivity (Wildman–Crippen MR) is 79.0 cm³/mol. The average molecular weight is 274 g/mol. The molecule has 0 fully saturated rings. The van der Waals surface area contributed by atoms with Gasteiger partial charge in [-0.2, -0.15) is 0 Å². The molecule has 1 aliphatic carbocycles. The lowest BCUT2D eigenvalue weighted by molar-refractivity contribution is 0.482. The van der Waals surface area contributed by atoms with Crippen LogP contribution in [0, 0.1) is 0 Å². The van der Waals surface area contributed by atoms with E-state index in [1.165, 1.54) is 5.57 Å². The number of allylic oxidation sites excluding steroid dienone is 3. The van der Waals surface area contributed by atoms with Crippen molar-refractivity contribution in [2.45, 2.75) is 24.6 Å². The van der Waals surface area contributed by atoms with E-state index in [2.05, 4.69) is 41.0 Å². The quantitative estimate of drug-likeness (QED) is 0.642. The number of nitrogens with one attached hydrogen (secondary N) is 2. The van der Waals surface area contributed by atoms with Crippen molar-refractivity contribution >= 4 is 17.4 Å². The summed E-state index contributed by atoms with van der Waals surface area (Å²) in [4.78, 5) is 4.73. The zero-order valence-electron chi connectivity index (χ0n) is 10.5. The molecule has 4 heteroatoms. The molecular weight excluding hydrogens is 258 g/mol. The smallest absolute Gasteiger partial charge is 0.158 e. The summed E-state index contributed by atoms with van der Waals surface area (Å²) in [6.45, 7) is 0. The highest BCUT2D eigenvalue weighted by atomic mass is 35.5. The zero-order chi connectivity index (χ0) is 13.1. The van der Waals surface area contributed by atoms with Crippen molar-refractivity contribution in [3.05, 3.63) is 59.7 Å². The lowest BCUT2D eigenvalue weighted by Gasteiger charge is -2.29. The first-order valence-corrected chi connectivity index (χ1v) is 6.92. The minimum atomic E-state index is -0.301. The minimum absolute atomic E-state index is 0.0910. The van der Waals surface area contributed by atoms with Crippen molar-refractivity contribution in [3.63, 3.8) is 0 Å². The molecule has 2 atom stereocenters. The van der Waals surface area contributed by atoms with Gasteiger partial charge in [0.2, 0.25) is 0 Å². The van der Waals surface area contributed by atoms with E-state index in [0.717, 1.165) is 24.2 Å². The summed E-state index contributed by atoms with van der Waals surface area (Å²) in [6, 6.07) is 10.1. The van der Waals surface area contributed by atoms with Crippen LogP contribution >= 0.6 is 11.6 Å². The molecule has 2 unspecified atom stereocenters. The fourth-order valence-corrected chi connectivity index (χ4v) is 2.51. The molecule has 0 bridgehead atoms. The highest BCUT2D eigenvalue weighted by Gasteiger charge is 2.23. The van der Waals surface area contributed by atoms with Gasteiger partial charge in [0.15, 0.2) is 5.62 Å². The van der Waals surface area contributed by atoms with Gasteiger partial charge in [-0.1, -0.05) is 60.2 Å². The van der Waals surface area contributed by atoms with Crippen molar-refractivity contribution in [1.29, 1.82) is 0 Å². The first-order chi connectivity index (χ1) is 9.33. The highest BCUT2D eigenvalue weighted by Crippen LogP contribution is 2.22. The number of hydrogen-bond donors (Lipinski definition) is 2. The van der Waals surface area contributed by atoms with Crippen molar-refractivity contribution < 1.29 is 0 Å². The van der Waals surface area contributed by atoms with Crippen LogP contribution in [0.15, 0.2) is 59.1 Å². The minimum Gasteiger partial charge on any atom is -0.342 e. The molecular formula is C15H16ClN3. The van der Waals surface area contributed by atoms with Crippen LogP contribution in [0.2, 0.25) is 0 Å². The Hall–Kier alpha value is -1.58. The topological polar surface area (TPSA) is 36.4 Å². The molecule has 0 aromatic heterocycles. The number of halogens is 1. The molecule has 1 aliphatic heterocycles. The molecule has 1 aromatic carbocycles. The fourth-order valence-electron chi connectivity index (χ4n) is 2.29. The van der Waals surface area contributed by atoms with Crippen LogP contribution in [0.5, 0.6) is 0 Å². The summed E-state index contributed by atoms with van der Waals surface area (Å²) in [6.07, 6.45) is 8.32. The van der Waals surface area contributed by atoms with Crippen LogP contribution < -0.4 is 10.6 Å². The second kappa shape index (κ2) is 5.59. The Bertz CT molecular complexity index is 534. The van der Waals surface area contributed by atoms with Gasteiger partial charge in [0, 0.05) is 0 Å². The number of amidine groups is 1. The van der Waals surface area contributed by atoms with Crippen molar-refractivity contribution in [3.8, 4) is 0 Å². The molecule has 1 heterocycles. The monoisotopic (exact) mass is 273 g/mol. The van der Waals surface area contributed by atoms with E-state index in [-0.39, 0.29) is 11.8 Å². The number of aliphatic imine (C=N–C) groups is 1. The van der Waals surface area contributed by atoms with Crippen LogP contribution in [-0.2, 0) is 0 Å². The Morgan fingerprint density at radius 1 is 1.21 bits per heavy atom. The largest absolute Gasteiger partial charge is 0.342 e. The predicted octanol–water partition coefficient (Wildman–Crippen LogP) is 3.08. The fraction of sp³-hybridized carbons (Fsp3) is 0.267. The molecule has 98 valence electrons. The SMILES string of the molecule is ClC1NC(C2=CC=CCC2)=NC(c2ccccc2)N1. The van der Waals surface area contributed by atoms with E-state index in [1.807, 2.05) is 18.2 Å². The Balaban J connectivity index is 1.89. The number of rotatable bonds is 2. The molecule has 2 N–H and O–H groups in total. The molecule has 0 saturated heterocycles. The van der Waals surface area contributed by atoms with Gasteiger partial charge in [0.1, 0.15) is 12.0 Å². The third-order valence-corrected chi connectivity index (χ3v) is 3.49. The van der Waals surface area contributed by atoms with Crippen LogP contribution in [0.1, 0.15) is 24.6 Å². The van der Waals surface area contributed by atoms with Gasteiger partial charge < -0.3 is 5.32 Å². The van der Waals surface area contributed by atoms with Gasteiger partial charge in [-0.25, -0.2) is 4.99 Å². The Labute approximate surface area is 118 Å². The van der Waals surface area contributed by atoms with Crippen LogP contribution in [0.3, 0.4) is 0 Å². The van der Waals surface area contributed by atoms with Gasteiger partial charge in [-0.15, -0.1) is 0 Å². The summed E-state index contributed by atoms with van der Waals surface area (Å²) in [5.41, 5.74) is 2.04. The molecule has 0 amide bonds. The summed E-state index contributed by atoms with van der Waals surface area (Å²) in [7, 11) is 0. The lowest BCUT2D eigenvalue weighted by atomic mass is 10.0. The van der Waals surface area contributed by atoms with Crippen LogP contribution in [0.25, 0.3) is 0 Å². The first-order valence-electron chi connectivity index (χ1n) is 6.48. The lowest BCUT2D eigenvalue weighted by Crippen LogP contribution is -2.48. The molecule has 2 aliphatic rings. The molecule has 0 radical (unpaired) electrons. The molecule has 0 saturated carbocycles. The maximum Gasteiger partial charge on any atom is 0.158 e. The van der Waals surface area contributed by atoms with Gasteiger partial charge in [-0.3, -0.25) is 5.32 Å². The van der Waals surface area contributed by atoms with Gasteiger partial charge >= 0.3 is 0 Å². The van der Waals surface area contributed by atoms with E-state index in [4.69, 9.17) is 16.6 Å². The third kappa shape index (κ3) is 2.88. The maximum absolute atomic E-state index is 6.23. The van der Waals surface area contributed by atoms with Gasteiger partial charge in [0.25, 0.3) is 0 Å². The van der Waals surface area contributed by atoms with Gasteiger partial charge in [-0.05, 0) is 24.0 Å². The van der Waals surface area contributed by atoms with Crippen molar-refractivity contribution in [2.75, 3.05) is 0 Å². The first kappa shape index (κ1) is 12.5. The summed E-state index contributed by atoms with van der Waals surface area (Å²) < 4.78 is 0. The summed E-state index contributed by atoms with van der Waals surface area (Å²) in [5.74, 6) is 0.900. The normalized spacial score (nSPS) is 26.4. The molecule has 0 spiro atoms. The Kier molecular flexibility index (Phi) is 3.67. The Morgan fingerprint density at radius 2 is 2.05 bits per heavy atom. The summed E-state index contributed by atoms with van der Waals surface area (Å²) in [5, 5.41) is 6.41. The number of benzene rings is 1. The van der Waals surface area contributed by atoms with Crippen molar-refractivity contribution in [1.82, 2.24) is 10.6 Å². The van der Waals surface area contributed by atoms with E-state index in [1.54, 1.807) is 0 Å². The van der Waals surface area contributed by atoms with E-state index in [9.17, 15) is 0 Å².